The number of ether oxygens (including phenoxy) is 1. The minimum atomic E-state index is -0.411. The molecule has 176 valence electrons. The molecule has 34 heavy (non-hydrogen) atoms. The summed E-state index contributed by atoms with van der Waals surface area (Å²) >= 11 is 0. The Morgan fingerprint density at radius 1 is 0.824 bits per heavy atom. The van der Waals surface area contributed by atoms with Gasteiger partial charge in [-0.3, -0.25) is 4.79 Å². The number of benzene rings is 3. The van der Waals surface area contributed by atoms with Crippen molar-refractivity contribution in [2.45, 2.75) is 62.8 Å². The fourth-order valence-corrected chi connectivity index (χ4v) is 5.49. The summed E-state index contributed by atoms with van der Waals surface area (Å²) in [6.07, 6.45) is 4.42. The van der Waals surface area contributed by atoms with E-state index in [1.807, 2.05) is 18.2 Å². The van der Waals surface area contributed by atoms with Crippen LogP contribution in [-0.2, 0) is 16.0 Å². The molecule has 0 radical (unpaired) electrons. The number of nitrogens with zero attached hydrogens (tertiary/aromatic N) is 1. The van der Waals surface area contributed by atoms with E-state index in [1.54, 1.807) is 24.3 Å². The summed E-state index contributed by atoms with van der Waals surface area (Å²) in [6, 6.07) is 23.1. The predicted octanol–water partition coefficient (Wildman–Crippen LogP) is 6.23. The number of halogens is 2. The van der Waals surface area contributed by atoms with Gasteiger partial charge in [0.1, 0.15) is 17.7 Å². The lowest BCUT2D eigenvalue weighted by Crippen LogP contribution is -2.48. The molecule has 5 heteroatoms. The van der Waals surface area contributed by atoms with Crippen molar-refractivity contribution in [1.82, 2.24) is 4.90 Å². The van der Waals surface area contributed by atoms with Gasteiger partial charge in [-0.25, -0.2) is 8.78 Å². The van der Waals surface area contributed by atoms with E-state index in [1.165, 1.54) is 29.8 Å². The van der Waals surface area contributed by atoms with E-state index >= 15 is 0 Å². The first-order chi connectivity index (χ1) is 16.6. The molecule has 2 bridgehead atoms. The zero-order valence-corrected chi connectivity index (χ0v) is 19.1. The Labute approximate surface area is 199 Å². The first-order valence-corrected chi connectivity index (χ1v) is 12.1. The summed E-state index contributed by atoms with van der Waals surface area (Å²) in [5, 5.41) is 0. The molecule has 0 spiro atoms. The van der Waals surface area contributed by atoms with Crippen molar-refractivity contribution in [3.8, 4) is 0 Å². The standard InChI is InChI=1S/C29H29F2NO2/c30-23-11-7-21(8-12-23)29(22-9-13-24(31)14-10-22)34-27-18-25-15-16-26(19-27)32(25)28(33)17-6-20-4-2-1-3-5-20/h1-5,7-14,25-27,29H,6,15-19H2/t25-,26+,27?. The van der Waals surface area contributed by atoms with Crippen molar-refractivity contribution < 1.29 is 18.3 Å². The number of hydrogen-bond donors (Lipinski definition) is 0. The maximum absolute atomic E-state index is 13.5. The minimum Gasteiger partial charge on any atom is -0.365 e. The number of carbonyl (C=O) groups excluding carboxylic acids is 1. The molecule has 3 aromatic carbocycles. The Balaban J connectivity index is 1.27. The van der Waals surface area contributed by atoms with Crippen molar-refractivity contribution in [2.24, 2.45) is 0 Å². The SMILES string of the molecule is O=C(CCc1ccccc1)N1[C@@H]2CC[C@H]1CC(OC(c1ccc(F)cc1)c1ccc(F)cc1)C2. The molecule has 0 aromatic heterocycles. The maximum Gasteiger partial charge on any atom is 0.223 e. The number of amides is 1. The topological polar surface area (TPSA) is 29.5 Å². The summed E-state index contributed by atoms with van der Waals surface area (Å²) in [6.45, 7) is 0. The van der Waals surface area contributed by atoms with Crippen LogP contribution < -0.4 is 0 Å². The van der Waals surface area contributed by atoms with E-state index in [2.05, 4.69) is 17.0 Å². The van der Waals surface area contributed by atoms with Gasteiger partial charge in [0.15, 0.2) is 0 Å². The van der Waals surface area contributed by atoms with Crippen LogP contribution in [0.4, 0.5) is 8.78 Å². The summed E-state index contributed by atoms with van der Waals surface area (Å²) in [5.41, 5.74) is 2.85. The lowest BCUT2D eigenvalue weighted by Gasteiger charge is -2.40. The van der Waals surface area contributed by atoms with E-state index in [-0.39, 0.29) is 35.7 Å². The van der Waals surface area contributed by atoms with Crippen molar-refractivity contribution in [3.05, 3.63) is 107 Å². The van der Waals surface area contributed by atoms with E-state index in [4.69, 9.17) is 4.74 Å². The van der Waals surface area contributed by atoms with Gasteiger partial charge >= 0.3 is 0 Å². The smallest absolute Gasteiger partial charge is 0.223 e. The van der Waals surface area contributed by atoms with E-state index in [0.29, 0.717) is 6.42 Å². The van der Waals surface area contributed by atoms with Gasteiger partial charge in [0, 0.05) is 18.5 Å². The first-order valence-electron chi connectivity index (χ1n) is 12.1. The zero-order chi connectivity index (χ0) is 23.5. The Morgan fingerprint density at radius 3 is 1.88 bits per heavy atom. The van der Waals surface area contributed by atoms with Gasteiger partial charge in [0.05, 0.1) is 6.10 Å². The molecule has 1 unspecified atom stereocenters. The zero-order valence-electron chi connectivity index (χ0n) is 19.1. The van der Waals surface area contributed by atoms with Gasteiger partial charge in [0.2, 0.25) is 5.91 Å². The second kappa shape index (κ2) is 10.1. The molecule has 0 saturated carbocycles. The largest absolute Gasteiger partial charge is 0.365 e. The third kappa shape index (κ3) is 5.05. The molecule has 1 amide bonds. The highest BCUT2D eigenvalue weighted by Crippen LogP contribution is 2.40. The Kier molecular flexibility index (Phi) is 6.73. The maximum atomic E-state index is 13.5. The Morgan fingerprint density at radius 2 is 1.35 bits per heavy atom. The molecule has 3 nitrogen and oxygen atoms in total. The van der Waals surface area contributed by atoms with Crippen molar-refractivity contribution >= 4 is 5.91 Å². The highest BCUT2D eigenvalue weighted by atomic mass is 19.1. The van der Waals surface area contributed by atoms with Gasteiger partial charge in [-0.15, -0.1) is 0 Å². The van der Waals surface area contributed by atoms with Gasteiger partial charge in [0.25, 0.3) is 0 Å². The lowest BCUT2D eigenvalue weighted by atomic mass is 9.96. The number of hydrogen-bond acceptors (Lipinski definition) is 2. The third-order valence-corrected chi connectivity index (χ3v) is 7.12. The first kappa shape index (κ1) is 22.7. The fraction of sp³-hybridized carbons (Fsp3) is 0.345. The van der Waals surface area contributed by atoms with Crippen molar-refractivity contribution in [2.75, 3.05) is 0 Å². The quantitative estimate of drug-likeness (QED) is 0.418. The highest BCUT2D eigenvalue weighted by Gasteiger charge is 2.44. The summed E-state index contributed by atoms with van der Waals surface area (Å²) in [5.74, 6) is -0.382. The average molecular weight is 462 g/mol. The number of rotatable bonds is 7. The summed E-state index contributed by atoms with van der Waals surface area (Å²) in [7, 11) is 0. The van der Waals surface area contributed by atoms with Crippen molar-refractivity contribution in [3.63, 3.8) is 0 Å². The number of carbonyl (C=O) groups is 1. The van der Waals surface area contributed by atoms with Crippen LogP contribution in [0.2, 0.25) is 0 Å². The molecular formula is C29H29F2NO2. The number of piperidine rings is 1. The molecule has 0 N–H and O–H groups in total. The molecule has 5 rings (SSSR count). The molecule has 0 aliphatic carbocycles. The molecule has 3 aromatic rings. The summed E-state index contributed by atoms with van der Waals surface area (Å²) < 4.78 is 33.7. The molecule has 2 fully saturated rings. The fourth-order valence-electron chi connectivity index (χ4n) is 5.49. The van der Waals surface area contributed by atoms with Crippen LogP contribution in [0.15, 0.2) is 78.9 Å². The van der Waals surface area contributed by atoms with Crippen LogP contribution in [0, 0.1) is 11.6 Å². The van der Waals surface area contributed by atoms with Gasteiger partial charge in [-0.2, -0.15) is 0 Å². The molecule has 3 atom stereocenters. The molecule has 2 saturated heterocycles. The average Bonchev–Trinajstić information content (AvgIpc) is 3.13. The van der Waals surface area contributed by atoms with Crippen LogP contribution in [0.3, 0.4) is 0 Å². The third-order valence-electron chi connectivity index (χ3n) is 7.12. The number of fused-ring (bicyclic) bond motifs is 2. The van der Waals surface area contributed by atoms with Gasteiger partial charge < -0.3 is 9.64 Å². The normalized spacial score (nSPS) is 21.7. The van der Waals surface area contributed by atoms with Crippen LogP contribution in [0.25, 0.3) is 0 Å². The molecule has 2 aliphatic rings. The number of aryl methyl sites for hydroxylation is 1. The second-order valence-electron chi connectivity index (χ2n) is 9.38. The van der Waals surface area contributed by atoms with Gasteiger partial charge in [-0.05, 0) is 73.1 Å². The minimum absolute atomic E-state index is 0.0178. The molecular weight excluding hydrogens is 432 g/mol. The van der Waals surface area contributed by atoms with Crippen LogP contribution in [0.5, 0.6) is 0 Å². The monoisotopic (exact) mass is 461 g/mol. The second-order valence-corrected chi connectivity index (χ2v) is 9.38. The van der Waals surface area contributed by atoms with E-state index in [9.17, 15) is 13.6 Å². The predicted molar refractivity (Wildman–Crippen MR) is 127 cm³/mol. The molecule has 2 heterocycles. The van der Waals surface area contributed by atoms with Crippen molar-refractivity contribution in [1.29, 1.82) is 0 Å². The summed E-state index contributed by atoms with van der Waals surface area (Å²) in [4.78, 5) is 15.2. The highest BCUT2D eigenvalue weighted by molar-refractivity contribution is 5.77. The van der Waals surface area contributed by atoms with Crippen LogP contribution in [0.1, 0.15) is 54.9 Å². The molecule has 2 aliphatic heterocycles. The van der Waals surface area contributed by atoms with E-state index < -0.39 is 6.10 Å². The Bertz CT molecular complexity index is 1040. The lowest BCUT2D eigenvalue weighted by molar-refractivity contribution is -0.139. The van der Waals surface area contributed by atoms with Gasteiger partial charge in [-0.1, -0.05) is 54.6 Å². The van der Waals surface area contributed by atoms with E-state index in [0.717, 1.165) is 43.2 Å². The van der Waals surface area contributed by atoms with Crippen LogP contribution in [-0.4, -0.2) is 29.0 Å². The Hall–Kier alpha value is -3.05. The van der Waals surface area contributed by atoms with Crippen LogP contribution >= 0.6 is 0 Å².